The Kier molecular flexibility index (Phi) is 5.86. The highest BCUT2D eigenvalue weighted by Crippen LogP contribution is 2.29. The Morgan fingerprint density at radius 1 is 1.11 bits per heavy atom. The highest BCUT2D eigenvalue weighted by atomic mass is 16.5. The van der Waals surface area contributed by atoms with Gasteiger partial charge in [0.1, 0.15) is 0 Å². The molecule has 6 heteroatoms. The minimum atomic E-state index is 0.673. The predicted molar refractivity (Wildman–Crippen MR) is 111 cm³/mol. The summed E-state index contributed by atoms with van der Waals surface area (Å²) in [6.45, 7) is 2.89. The van der Waals surface area contributed by atoms with Crippen LogP contribution in [0.2, 0.25) is 0 Å². The molecule has 1 aromatic heterocycles. The quantitative estimate of drug-likeness (QED) is 0.459. The van der Waals surface area contributed by atoms with Gasteiger partial charge in [0, 0.05) is 42.4 Å². The predicted octanol–water partition coefficient (Wildman–Crippen LogP) is 3.72. The van der Waals surface area contributed by atoms with Crippen molar-refractivity contribution >= 4 is 22.5 Å². The fourth-order valence-corrected chi connectivity index (χ4v) is 3.12. The number of hydrogen-bond acceptors (Lipinski definition) is 3. The van der Waals surface area contributed by atoms with Gasteiger partial charge in [-0.3, -0.25) is 4.99 Å². The molecule has 3 rings (SSSR count). The zero-order chi connectivity index (χ0) is 19.2. The first-order valence-corrected chi connectivity index (χ1v) is 8.91. The summed E-state index contributed by atoms with van der Waals surface area (Å²) in [5.41, 5.74) is 4.64. The van der Waals surface area contributed by atoms with Gasteiger partial charge < -0.3 is 25.1 Å². The van der Waals surface area contributed by atoms with Gasteiger partial charge in [-0.2, -0.15) is 0 Å². The Balaban J connectivity index is 1.62. The molecule has 0 aliphatic heterocycles. The molecule has 0 bridgehead atoms. The normalized spacial score (nSPS) is 11.5. The van der Waals surface area contributed by atoms with E-state index in [1.54, 1.807) is 21.3 Å². The second-order valence-corrected chi connectivity index (χ2v) is 6.26. The van der Waals surface area contributed by atoms with Crippen molar-refractivity contribution in [2.24, 2.45) is 4.99 Å². The number of H-pyrrole nitrogens is 1. The lowest BCUT2D eigenvalue weighted by atomic mass is 10.1. The molecule has 0 radical (unpaired) electrons. The number of methoxy groups -OCH3 is 2. The number of fused-ring (bicyclic) bond motifs is 1. The van der Waals surface area contributed by atoms with Gasteiger partial charge in [-0.25, -0.2) is 0 Å². The summed E-state index contributed by atoms with van der Waals surface area (Å²) in [6, 6.07) is 12.0. The zero-order valence-corrected chi connectivity index (χ0v) is 16.2. The Hall–Kier alpha value is -3.15. The molecule has 0 saturated carbocycles. The number of aromatic amines is 1. The Bertz CT molecular complexity index is 947. The molecule has 3 N–H and O–H groups in total. The van der Waals surface area contributed by atoms with E-state index in [1.165, 1.54) is 22.0 Å². The maximum Gasteiger partial charge on any atom is 0.195 e. The van der Waals surface area contributed by atoms with Crippen molar-refractivity contribution in [3.8, 4) is 11.5 Å². The number of ether oxygens (including phenoxy) is 2. The van der Waals surface area contributed by atoms with Gasteiger partial charge in [0.2, 0.25) is 0 Å². The molecule has 0 unspecified atom stereocenters. The van der Waals surface area contributed by atoms with Crippen LogP contribution >= 0.6 is 0 Å². The number of aryl methyl sites for hydroxylation is 1. The summed E-state index contributed by atoms with van der Waals surface area (Å²) in [6.07, 6.45) is 2.99. The molecule has 0 spiro atoms. The molecule has 142 valence electrons. The minimum absolute atomic E-state index is 0.673. The number of guanidine groups is 1. The van der Waals surface area contributed by atoms with Crippen molar-refractivity contribution in [2.45, 2.75) is 13.3 Å². The van der Waals surface area contributed by atoms with Crippen LogP contribution in [-0.4, -0.2) is 38.8 Å². The number of nitrogens with one attached hydrogen (secondary N) is 3. The molecule has 0 aliphatic carbocycles. The fraction of sp³-hybridized carbons (Fsp3) is 0.286. The van der Waals surface area contributed by atoms with Gasteiger partial charge >= 0.3 is 0 Å². The van der Waals surface area contributed by atoms with Gasteiger partial charge in [-0.15, -0.1) is 0 Å². The average Bonchev–Trinajstić information content (AvgIpc) is 3.11. The number of rotatable bonds is 6. The molecule has 0 amide bonds. The summed E-state index contributed by atoms with van der Waals surface area (Å²) in [5.74, 6) is 2.07. The minimum Gasteiger partial charge on any atom is -0.493 e. The summed E-state index contributed by atoms with van der Waals surface area (Å²) in [5, 5.41) is 7.91. The lowest BCUT2D eigenvalue weighted by Gasteiger charge is -2.14. The average molecular weight is 366 g/mol. The van der Waals surface area contributed by atoms with Crippen LogP contribution in [0.3, 0.4) is 0 Å². The smallest absolute Gasteiger partial charge is 0.195 e. The van der Waals surface area contributed by atoms with E-state index in [4.69, 9.17) is 9.47 Å². The number of anilines is 1. The van der Waals surface area contributed by atoms with Crippen LogP contribution in [0.4, 0.5) is 5.69 Å². The molecule has 0 atom stereocenters. The van der Waals surface area contributed by atoms with E-state index in [2.05, 4.69) is 51.9 Å². The first-order valence-electron chi connectivity index (χ1n) is 8.91. The third kappa shape index (κ3) is 4.16. The van der Waals surface area contributed by atoms with Crippen LogP contribution in [0.25, 0.3) is 10.9 Å². The summed E-state index contributed by atoms with van der Waals surface area (Å²) < 4.78 is 10.6. The number of para-hydroxylation sites is 1. The van der Waals surface area contributed by atoms with E-state index >= 15 is 0 Å². The Labute approximate surface area is 159 Å². The standard InChI is InChI=1S/C21H26N4O2/c1-14-6-5-7-17-15(13-24-20(14)17)10-11-23-21(22-2)25-16-8-9-18(26-3)19(12-16)27-4/h5-9,12-13,24H,10-11H2,1-4H3,(H2,22,23,25). The largest absolute Gasteiger partial charge is 0.493 e. The number of aliphatic imine (C=N–C) groups is 1. The number of hydrogen-bond donors (Lipinski definition) is 3. The number of aromatic nitrogens is 1. The van der Waals surface area contributed by atoms with Crippen molar-refractivity contribution in [2.75, 3.05) is 33.1 Å². The van der Waals surface area contributed by atoms with Crippen molar-refractivity contribution in [3.63, 3.8) is 0 Å². The highest BCUT2D eigenvalue weighted by molar-refractivity contribution is 5.94. The molecule has 3 aromatic rings. The third-order valence-corrected chi connectivity index (χ3v) is 4.57. The van der Waals surface area contributed by atoms with Crippen molar-refractivity contribution in [3.05, 3.63) is 53.7 Å². The van der Waals surface area contributed by atoms with E-state index in [9.17, 15) is 0 Å². The first kappa shape index (κ1) is 18.6. The van der Waals surface area contributed by atoms with Gasteiger partial charge in [-0.05, 0) is 36.6 Å². The molecule has 27 heavy (non-hydrogen) atoms. The lowest BCUT2D eigenvalue weighted by molar-refractivity contribution is 0.355. The van der Waals surface area contributed by atoms with Crippen molar-refractivity contribution < 1.29 is 9.47 Å². The molecule has 2 aromatic carbocycles. The summed E-state index contributed by atoms with van der Waals surface area (Å²) in [7, 11) is 5.00. The van der Waals surface area contributed by atoms with E-state index in [0.29, 0.717) is 17.5 Å². The number of nitrogens with zero attached hydrogens (tertiary/aromatic N) is 1. The van der Waals surface area contributed by atoms with Crippen LogP contribution in [0.5, 0.6) is 11.5 Å². The summed E-state index contributed by atoms with van der Waals surface area (Å²) in [4.78, 5) is 7.66. The maximum absolute atomic E-state index is 5.34. The Morgan fingerprint density at radius 2 is 1.93 bits per heavy atom. The van der Waals surface area contributed by atoms with E-state index in [-0.39, 0.29) is 0 Å². The van der Waals surface area contributed by atoms with Crippen LogP contribution < -0.4 is 20.1 Å². The van der Waals surface area contributed by atoms with Gasteiger partial charge in [0.15, 0.2) is 17.5 Å². The monoisotopic (exact) mass is 366 g/mol. The highest BCUT2D eigenvalue weighted by Gasteiger charge is 2.08. The second-order valence-electron chi connectivity index (χ2n) is 6.26. The van der Waals surface area contributed by atoms with Crippen LogP contribution in [0.15, 0.2) is 47.6 Å². The van der Waals surface area contributed by atoms with Crippen molar-refractivity contribution in [1.29, 1.82) is 0 Å². The SMILES string of the molecule is CN=C(NCCc1c[nH]c2c(C)cccc12)Nc1ccc(OC)c(OC)c1. The molecular weight excluding hydrogens is 340 g/mol. The van der Waals surface area contributed by atoms with Crippen LogP contribution in [0, 0.1) is 6.92 Å². The maximum atomic E-state index is 5.34. The van der Waals surface area contributed by atoms with Crippen LogP contribution in [0.1, 0.15) is 11.1 Å². The van der Waals surface area contributed by atoms with Crippen LogP contribution in [-0.2, 0) is 6.42 Å². The molecule has 0 saturated heterocycles. The fourth-order valence-electron chi connectivity index (χ4n) is 3.12. The van der Waals surface area contributed by atoms with E-state index < -0.39 is 0 Å². The topological polar surface area (TPSA) is 70.7 Å². The van der Waals surface area contributed by atoms with Gasteiger partial charge in [-0.1, -0.05) is 18.2 Å². The lowest BCUT2D eigenvalue weighted by Crippen LogP contribution is -2.32. The summed E-state index contributed by atoms with van der Waals surface area (Å²) >= 11 is 0. The molecule has 0 aliphatic rings. The molecule has 0 fully saturated rings. The van der Waals surface area contributed by atoms with E-state index in [1.807, 2.05) is 18.2 Å². The Morgan fingerprint density at radius 3 is 2.67 bits per heavy atom. The molecular formula is C21H26N4O2. The molecule has 6 nitrogen and oxygen atoms in total. The van der Waals surface area contributed by atoms with Gasteiger partial charge in [0.05, 0.1) is 14.2 Å². The zero-order valence-electron chi connectivity index (χ0n) is 16.2. The van der Waals surface area contributed by atoms with Gasteiger partial charge in [0.25, 0.3) is 0 Å². The van der Waals surface area contributed by atoms with Crippen molar-refractivity contribution in [1.82, 2.24) is 10.3 Å². The van der Waals surface area contributed by atoms with E-state index in [0.717, 1.165) is 18.7 Å². The third-order valence-electron chi connectivity index (χ3n) is 4.57. The second kappa shape index (κ2) is 8.49. The number of benzene rings is 2. The molecule has 1 heterocycles. The first-order chi connectivity index (χ1) is 13.2.